The second-order valence-electron chi connectivity index (χ2n) is 5.56. The predicted octanol–water partition coefficient (Wildman–Crippen LogP) is 1.33. The van der Waals surface area contributed by atoms with E-state index in [-0.39, 0.29) is 17.5 Å². The van der Waals surface area contributed by atoms with Gasteiger partial charge in [-0.15, -0.1) is 0 Å². The average molecular weight is 311 g/mol. The van der Waals surface area contributed by atoms with Crippen LogP contribution in [0.4, 0.5) is 0 Å². The van der Waals surface area contributed by atoms with Crippen LogP contribution < -0.4 is 10.9 Å². The van der Waals surface area contributed by atoms with E-state index in [1.54, 1.807) is 37.4 Å². The van der Waals surface area contributed by atoms with E-state index >= 15 is 0 Å². The van der Waals surface area contributed by atoms with Crippen molar-refractivity contribution in [3.63, 3.8) is 0 Å². The molecule has 0 atom stereocenters. The standard InChI is InChI=1S/C16H17N5O2/c1-10(2)18-16(23)12-9-14-19-11(3)8-15(22)21(14)20(12)13-6-4-5-7-17-13/h4-10H,1-3H3,(H,18,23). The van der Waals surface area contributed by atoms with Crippen molar-refractivity contribution in [1.29, 1.82) is 0 Å². The minimum absolute atomic E-state index is 0.0240. The Morgan fingerprint density at radius 2 is 2.04 bits per heavy atom. The van der Waals surface area contributed by atoms with Crippen LogP contribution in [0.2, 0.25) is 0 Å². The molecule has 1 amide bonds. The van der Waals surface area contributed by atoms with Gasteiger partial charge in [0.1, 0.15) is 5.69 Å². The molecule has 1 N–H and O–H groups in total. The Bertz CT molecular complexity index is 925. The molecule has 0 bridgehead atoms. The second-order valence-corrected chi connectivity index (χ2v) is 5.56. The van der Waals surface area contributed by atoms with Gasteiger partial charge in [0.25, 0.3) is 11.5 Å². The smallest absolute Gasteiger partial charge is 0.273 e. The summed E-state index contributed by atoms with van der Waals surface area (Å²) in [6.45, 7) is 5.49. The summed E-state index contributed by atoms with van der Waals surface area (Å²) in [4.78, 5) is 33.5. The quantitative estimate of drug-likeness (QED) is 0.791. The van der Waals surface area contributed by atoms with Crippen LogP contribution in [0.25, 0.3) is 11.5 Å². The fourth-order valence-electron chi connectivity index (χ4n) is 2.40. The molecule has 0 aliphatic carbocycles. The number of amides is 1. The Kier molecular flexibility index (Phi) is 3.69. The van der Waals surface area contributed by atoms with Crippen LogP contribution in [0.1, 0.15) is 30.0 Å². The zero-order valence-corrected chi connectivity index (χ0v) is 13.1. The van der Waals surface area contributed by atoms with E-state index in [9.17, 15) is 9.59 Å². The zero-order chi connectivity index (χ0) is 16.6. The Morgan fingerprint density at radius 3 is 2.70 bits per heavy atom. The Hall–Kier alpha value is -2.96. The van der Waals surface area contributed by atoms with E-state index in [2.05, 4.69) is 15.3 Å². The molecule has 118 valence electrons. The van der Waals surface area contributed by atoms with Crippen LogP contribution >= 0.6 is 0 Å². The maximum absolute atomic E-state index is 12.5. The number of carbonyl (C=O) groups is 1. The van der Waals surface area contributed by atoms with Crippen molar-refractivity contribution < 1.29 is 4.79 Å². The van der Waals surface area contributed by atoms with E-state index in [4.69, 9.17) is 0 Å². The number of hydrogen-bond acceptors (Lipinski definition) is 4. The topological polar surface area (TPSA) is 81.3 Å². The van der Waals surface area contributed by atoms with Gasteiger partial charge in [0.2, 0.25) is 0 Å². The highest BCUT2D eigenvalue weighted by Crippen LogP contribution is 2.13. The molecule has 7 heteroatoms. The summed E-state index contributed by atoms with van der Waals surface area (Å²) in [5, 5.41) is 2.83. The van der Waals surface area contributed by atoms with Crippen molar-refractivity contribution in [1.82, 2.24) is 24.5 Å². The molecule has 0 unspecified atom stereocenters. The minimum Gasteiger partial charge on any atom is -0.349 e. The van der Waals surface area contributed by atoms with E-state index in [1.165, 1.54) is 15.3 Å². The highest BCUT2D eigenvalue weighted by molar-refractivity contribution is 5.94. The number of aryl methyl sites for hydroxylation is 1. The molecular formula is C16H17N5O2. The van der Waals surface area contributed by atoms with Crippen LogP contribution in [0.5, 0.6) is 0 Å². The first-order valence-electron chi connectivity index (χ1n) is 7.32. The van der Waals surface area contributed by atoms with Crippen molar-refractivity contribution in [3.05, 3.63) is 58.3 Å². The molecule has 0 aliphatic heterocycles. The highest BCUT2D eigenvalue weighted by Gasteiger charge is 2.20. The molecule has 0 radical (unpaired) electrons. The van der Waals surface area contributed by atoms with E-state index in [0.29, 0.717) is 22.9 Å². The van der Waals surface area contributed by atoms with Gasteiger partial charge in [0.15, 0.2) is 11.5 Å². The Balaban J connectivity index is 2.33. The number of nitrogens with zero attached hydrogens (tertiary/aromatic N) is 4. The maximum Gasteiger partial charge on any atom is 0.273 e. The number of nitrogens with one attached hydrogen (secondary N) is 1. The summed E-state index contributed by atoms with van der Waals surface area (Å²) in [6.07, 6.45) is 1.61. The zero-order valence-electron chi connectivity index (χ0n) is 13.1. The predicted molar refractivity (Wildman–Crippen MR) is 85.9 cm³/mol. The summed E-state index contributed by atoms with van der Waals surface area (Å²) in [5.41, 5.74) is 1.06. The third kappa shape index (κ3) is 2.73. The molecule has 0 aromatic carbocycles. The van der Waals surface area contributed by atoms with Gasteiger partial charge in [-0.2, -0.15) is 4.52 Å². The summed E-state index contributed by atoms with van der Waals surface area (Å²) in [7, 11) is 0. The fourth-order valence-corrected chi connectivity index (χ4v) is 2.40. The summed E-state index contributed by atoms with van der Waals surface area (Å²) < 4.78 is 2.84. The number of carbonyl (C=O) groups excluding carboxylic acids is 1. The largest absolute Gasteiger partial charge is 0.349 e. The van der Waals surface area contributed by atoms with Gasteiger partial charge in [-0.1, -0.05) is 6.07 Å². The SMILES string of the molecule is Cc1cc(=O)n2c(cc(C(=O)NC(C)C)n2-c2ccccn2)n1. The van der Waals surface area contributed by atoms with Crippen LogP contribution in [-0.4, -0.2) is 31.1 Å². The highest BCUT2D eigenvalue weighted by atomic mass is 16.2. The number of rotatable bonds is 3. The lowest BCUT2D eigenvalue weighted by atomic mass is 10.3. The van der Waals surface area contributed by atoms with Gasteiger partial charge in [0, 0.05) is 30.1 Å². The van der Waals surface area contributed by atoms with Gasteiger partial charge in [-0.05, 0) is 32.9 Å². The molecule has 3 heterocycles. The van der Waals surface area contributed by atoms with Gasteiger partial charge in [-0.3, -0.25) is 9.59 Å². The molecule has 23 heavy (non-hydrogen) atoms. The number of fused-ring (bicyclic) bond motifs is 1. The third-order valence-electron chi connectivity index (χ3n) is 3.26. The molecule has 3 aromatic rings. The first-order chi connectivity index (χ1) is 11.0. The summed E-state index contributed by atoms with van der Waals surface area (Å²) in [5.74, 6) is 0.192. The molecule has 3 rings (SSSR count). The monoisotopic (exact) mass is 311 g/mol. The van der Waals surface area contributed by atoms with Crippen LogP contribution in [-0.2, 0) is 0 Å². The van der Waals surface area contributed by atoms with E-state index in [0.717, 1.165) is 0 Å². The van der Waals surface area contributed by atoms with Crippen molar-refractivity contribution in [2.24, 2.45) is 0 Å². The fraction of sp³-hybridized carbons (Fsp3) is 0.250. The van der Waals surface area contributed by atoms with Gasteiger partial charge < -0.3 is 5.32 Å². The Labute approximate surface area is 132 Å². The third-order valence-corrected chi connectivity index (χ3v) is 3.26. The summed E-state index contributed by atoms with van der Waals surface area (Å²) >= 11 is 0. The molecule has 0 fully saturated rings. The van der Waals surface area contributed by atoms with E-state index in [1.807, 2.05) is 13.8 Å². The van der Waals surface area contributed by atoms with Gasteiger partial charge in [0.05, 0.1) is 0 Å². The van der Waals surface area contributed by atoms with E-state index < -0.39 is 0 Å². The maximum atomic E-state index is 12.5. The lowest BCUT2D eigenvalue weighted by molar-refractivity contribution is 0.0934. The number of hydrogen-bond donors (Lipinski definition) is 1. The van der Waals surface area contributed by atoms with Crippen LogP contribution in [0, 0.1) is 6.92 Å². The van der Waals surface area contributed by atoms with Crippen molar-refractivity contribution in [2.45, 2.75) is 26.8 Å². The molecule has 0 aliphatic rings. The number of pyridine rings is 1. The number of aromatic nitrogens is 4. The van der Waals surface area contributed by atoms with Crippen LogP contribution in [0.3, 0.4) is 0 Å². The minimum atomic E-state index is -0.284. The van der Waals surface area contributed by atoms with Gasteiger partial charge >= 0.3 is 0 Å². The lowest BCUT2D eigenvalue weighted by Gasteiger charge is -2.11. The van der Waals surface area contributed by atoms with Gasteiger partial charge in [-0.25, -0.2) is 14.6 Å². The Morgan fingerprint density at radius 1 is 1.26 bits per heavy atom. The summed E-state index contributed by atoms with van der Waals surface area (Å²) in [6, 6.07) is 8.30. The normalized spacial score (nSPS) is 11.1. The molecular weight excluding hydrogens is 294 g/mol. The molecule has 0 spiro atoms. The van der Waals surface area contributed by atoms with Crippen molar-refractivity contribution in [3.8, 4) is 5.82 Å². The van der Waals surface area contributed by atoms with Crippen molar-refractivity contribution >= 4 is 11.6 Å². The molecule has 7 nitrogen and oxygen atoms in total. The molecule has 0 saturated heterocycles. The second kappa shape index (κ2) is 5.68. The average Bonchev–Trinajstić information content (AvgIpc) is 2.87. The first kappa shape index (κ1) is 15.0. The van der Waals surface area contributed by atoms with Crippen LogP contribution in [0.15, 0.2) is 41.3 Å². The van der Waals surface area contributed by atoms with Crippen molar-refractivity contribution in [2.75, 3.05) is 0 Å². The molecule has 0 saturated carbocycles. The lowest BCUT2D eigenvalue weighted by Crippen LogP contribution is -2.33. The first-order valence-corrected chi connectivity index (χ1v) is 7.32. The molecule has 3 aromatic heterocycles.